The molecule has 0 fully saturated rings. The Balaban J connectivity index is 1.83. The number of H-pyrrole nitrogens is 1. The fraction of sp³-hybridized carbons (Fsp3) is 0.0667. The molecule has 0 aliphatic rings. The van der Waals surface area contributed by atoms with Crippen molar-refractivity contribution in [2.24, 2.45) is 0 Å². The fourth-order valence-corrected chi connectivity index (χ4v) is 2.48. The SMILES string of the molecule is Fc1cc(NCc2[nH]c3ccccc3c2Cl)ccc1Cl. The highest BCUT2D eigenvalue weighted by molar-refractivity contribution is 6.36. The smallest absolute Gasteiger partial charge is 0.143 e. The van der Waals surface area contributed by atoms with Gasteiger partial charge in [-0.05, 0) is 24.3 Å². The third-order valence-corrected chi connectivity index (χ3v) is 3.84. The van der Waals surface area contributed by atoms with Gasteiger partial charge in [-0.1, -0.05) is 41.4 Å². The molecule has 1 aromatic heterocycles. The summed E-state index contributed by atoms with van der Waals surface area (Å²) in [6, 6.07) is 12.4. The highest BCUT2D eigenvalue weighted by Gasteiger charge is 2.09. The zero-order valence-electron chi connectivity index (χ0n) is 10.4. The summed E-state index contributed by atoms with van der Waals surface area (Å²) in [5.41, 5.74) is 2.50. The predicted octanol–water partition coefficient (Wildman–Crippen LogP) is 5.23. The standard InChI is InChI=1S/C15H11Cl2FN2/c16-11-6-5-9(7-12(11)18)19-8-14-15(17)10-3-1-2-4-13(10)20-14/h1-7,19-20H,8H2. The van der Waals surface area contributed by atoms with Gasteiger partial charge >= 0.3 is 0 Å². The fourth-order valence-electron chi connectivity index (χ4n) is 2.08. The first-order valence-corrected chi connectivity index (χ1v) is 6.85. The van der Waals surface area contributed by atoms with Crippen LogP contribution in [0.3, 0.4) is 0 Å². The average molecular weight is 309 g/mol. The monoisotopic (exact) mass is 308 g/mol. The summed E-state index contributed by atoms with van der Waals surface area (Å²) in [5, 5.41) is 4.89. The van der Waals surface area contributed by atoms with Gasteiger partial charge in [-0.15, -0.1) is 0 Å². The topological polar surface area (TPSA) is 27.8 Å². The second-order valence-corrected chi connectivity index (χ2v) is 5.23. The normalized spacial score (nSPS) is 10.9. The molecule has 20 heavy (non-hydrogen) atoms. The lowest BCUT2D eigenvalue weighted by Gasteiger charge is -2.06. The van der Waals surface area contributed by atoms with E-state index in [1.54, 1.807) is 6.07 Å². The maximum Gasteiger partial charge on any atom is 0.143 e. The Kier molecular flexibility index (Phi) is 3.55. The summed E-state index contributed by atoms with van der Waals surface area (Å²) in [7, 11) is 0. The van der Waals surface area contributed by atoms with E-state index in [-0.39, 0.29) is 5.02 Å². The number of rotatable bonds is 3. The number of aromatic amines is 1. The van der Waals surface area contributed by atoms with E-state index in [1.807, 2.05) is 24.3 Å². The maximum absolute atomic E-state index is 13.3. The molecule has 0 saturated heterocycles. The largest absolute Gasteiger partial charge is 0.379 e. The number of halogens is 3. The van der Waals surface area contributed by atoms with E-state index in [0.29, 0.717) is 17.3 Å². The molecule has 0 amide bonds. The van der Waals surface area contributed by atoms with Crippen LogP contribution in [0, 0.1) is 5.82 Å². The molecule has 5 heteroatoms. The molecule has 0 bridgehead atoms. The van der Waals surface area contributed by atoms with Gasteiger partial charge in [0.15, 0.2) is 0 Å². The second kappa shape index (κ2) is 5.35. The first kappa shape index (κ1) is 13.3. The molecule has 3 rings (SSSR count). The van der Waals surface area contributed by atoms with Crippen LogP contribution in [-0.2, 0) is 6.54 Å². The molecule has 2 aromatic carbocycles. The summed E-state index contributed by atoms with van der Waals surface area (Å²) in [5.74, 6) is -0.445. The van der Waals surface area contributed by atoms with Crippen molar-refractivity contribution < 1.29 is 4.39 Å². The van der Waals surface area contributed by atoms with E-state index in [1.165, 1.54) is 12.1 Å². The molecule has 0 unspecified atom stereocenters. The molecule has 0 aliphatic heterocycles. The van der Waals surface area contributed by atoms with Crippen LogP contribution in [0.25, 0.3) is 10.9 Å². The number of hydrogen-bond acceptors (Lipinski definition) is 1. The van der Waals surface area contributed by atoms with Gasteiger partial charge in [-0.3, -0.25) is 0 Å². The molecule has 102 valence electrons. The van der Waals surface area contributed by atoms with E-state index in [9.17, 15) is 4.39 Å². The van der Waals surface area contributed by atoms with Crippen molar-refractivity contribution in [2.75, 3.05) is 5.32 Å². The zero-order chi connectivity index (χ0) is 14.1. The number of benzene rings is 2. The van der Waals surface area contributed by atoms with Gasteiger partial charge in [0.05, 0.1) is 22.3 Å². The van der Waals surface area contributed by atoms with Crippen molar-refractivity contribution in [3.05, 3.63) is 64.0 Å². The number of anilines is 1. The van der Waals surface area contributed by atoms with E-state index < -0.39 is 5.82 Å². The molecule has 1 heterocycles. The Morgan fingerprint density at radius 3 is 2.65 bits per heavy atom. The van der Waals surface area contributed by atoms with E-state index in [4.69, 9.17) is 23.2 Å². The van der Waals surface area contributed by atoms with Gasteiger partial charge in [0.25, 0.3) is 0 Å². The van der Waals surface area contributed by atoms with Crippen molar-refractivity contribution in [1.82, 2.24) is 4.98 Å². The Labute approximate surface area is 125 Å². The number of hydrogen-bond donors (Lipinski definition) is 2. The highest BCUT2D eigenvalue weighted by Crippen LogP contribution is 2.28. The Bertz CT molecular complexity index is 768. The van der Waals surface area contributed by atoms with Gasteiger partial charge in [-0.2, -0.15) is 0 Å². The first-order chi connectivity index (χ1) is 9.65. The lowest BCUT2D eigenvalue weighted by Crippen LogP contribution is -2.00. The lowest BCUT2D eigenvalue weighted by atomic mass is 10.2. The van der Waals surface area contributed by atoms with E-state index in [0.717, 1.165) is 16.6 Å². The molecular weight excluding hydrogens is 298 g/mol. The van der Waals surface area contributed by atoms with Crippen molar-refractivity contribution >= 4 is 39.8 Å². The van der Waals surface area contributed by atoms with Gasteiger partial charge in [0, 0.05) is 16.6 Å². The van der Waals surface area contributed by atoms with Crippen molar-refractivity contribution in [1.29, 1.82) is 0 Å². The van der Waals surface area contributed by atoms with Crippen LogP contribution in [-0.4, -0.2) is 4.98 Å². The highest BCUT2D eigenvalue weighted by atomic mass is 35.5. The van der Waals surface area contributed by atoms with Crippen LogP contribution < -0.4 is 5.32 Å². The molecule has 0 aliphatic carbocycles. The number of fused-ring (bicyclic) bond motifs is 1. The minimum absolute atomic E-state index is 0.110. The molecule has 2 nitrogen and oxygen atoms in total. The van der Waals surface area contributed by atoms with Crippen LogP contribution in [0.5, 0.6) is 0 Å². The van der Waals surface area contributed by atoms with E-state index >= 15 is 0 Å². The number of aromatic nitrogens is 1. The molecule has 0 spiro atoms. The van der Waals surface area contributed by atoms with Crippen LogP contribution in [0.15, 0.2) is 42.5 Å². The van der Waals surface area contributed by atoms with Gasteiger partial charge in [-0.25, -0.2) is 4.39 Å². The third kappa shape index (κ3) is 2.47. The van der Waals surface area contributed by atoms with E-state index in [2.05, 4.69) is 10.3 Å². The van der Waals surface area contributed by atoms with Gasteiger partial charge in [0.2, 0.25) is 0 Å². The van der Waals surface area contributed by atoms with Gasteiger partial charge < -0.3 is 10.3 Å². The molecular formula is C15H11Cl2FN2. The minimum Gasteiger partial charge on any atom is -0.379 e. The van der Waals surface area contributed by atoms with Gasteiger partial charge in [0.1, 0.15) is 5.82 Å². The zero-order valence-corrected chi connectivity index (χ0v) is 11.9. The third-order valence-electron chi connectivity index (χ3n) is 3.10. The second-order valence-electron chi connectivity index (χ2n) is 4.45. The average Bonchev–Trinajstić information content (AvgIpc) is 2.77. The molecule has 2 N–H and O–H groups in total. The number of para-hydroxylation sites is 1. The van der Waals surface area contributed by atoms with Crippen LogP contribution >= 0.6 is 23.2 Å². The molecule has 0 saturated carbocycles. The summed E-state index contributed by atoms with van der Waals surface area (Å²) in [4.78, 5) is 3.25. The van der Waals surface area contributed by atoms with Crippen molar-refractivity contribution in [3.8, 4) is 0 Å². The minimum atomic E-state index is -0.445. The summed E-state index contributed by atoms with van der Waals surface area (Å²) >= 11 is 12.0. The first-order valence-electron chi connectivity index (χ1n) is 6.09. The molecule has 3 aromatic rings. The summed E-state index contributed by atoms with van der Waals surface area (Å²) in [6.07, 6.45) is 0. The number of nitrogens with one attached hydrogen (secondary N) is 2. The quantitative estimate of drug-likeness (QED) is 0.681. The van der Waals surface area contributed by atoms with Crippen LogP contribution in [0.1, 0.15) is 5.69 Å². The molecule has 0 atom stereocenters. The van der Waals surface area contributed by atoms with Crippen molar-refractivity contribution in [2.45, 2.75) is 6.54 Å². The Morgan fingerprint density at radius 1 is 1.10 bits per heavy atom. The lowest BCUT2D eigenvalue weighted by molar-refractivity contribution is 0.628. The van der Waals surface area contributed by atoms with Crippen LogP contribution in [0.2, 0.25) is 10.0 Å². The summed E-state index contributed by atoms with van der Waals surface area (Å²) in [6.45, 7) is 0.481. The Hall–Kier alpha value is -1.71. The van der Waals surface area contributed by atoms with Crippen molar-refractivity contribution in [3.63, 3.8) is 0 Å². The maximum atomic E-state index is 13.3. The van der Waals surface area contributed by atoms with Crippen LogP contribution in [0.4, 0.5) is 10.1 Å². The predicted molar refractivity (Wildman–Crippen MR) is 82.0 cm³/mol. The Morgan fingerprint density at radius 2 is 1.90 bits per heavy atom. The summed E-state index contributed by atoms with van der Waals surface area (Å²) < 4.78 is 13.3. The molecule has 0 radical (unpaired) electrons.